The van der Waals surface area contributed by atoms with E-state index in [-0.39, 0.29) is 5.54 Å². The van der Waals surface area contributed by atoms with Gasteiger partial charge < -0.3 is 5.32 Å². The second kappa shape index (κ2) is 7.03. The summed E-state index contributed by atoms with van der Waals surface area (Å²) >= 11 is 0. The minimum absolute atomic E-state index is 0.168. The fourth-order valence-corrected chi connectivity index (χ4v) is 4.42. The van der Waals surface area contributed by atoms with E-state index in [2.05, 4.69) is 97.1 Å². The van der Waals surface area contributed by atoms with Crippen LogP contribution >= 0.6 is 0 Å². The van der Waals surface area contributed by atoms with Crippen LogP contribution in [0.25, 0.3) is 5.57 Å². The van der Waals surface area contributed by atoms with E-state index in [1.807, 2.05) is 0 Å². The molecular formula is C26H33N. The van der Waals surface area contributed by atoms with Gasteiger partial charge >= 0.3 is 0 Å². The zero-order chi connectivity index (χ0) is 19.9. The first-order valence-electron chi connectivity index (χ1n) is 9.94. The molecule has 0 saturated heterocycles. The fourth-order valence-electron chi connectivity index (χ4n) is 4.42. The van der Waals surface area contributed by atoms with Crippen LogP contribution in [0.15, 0.2) is 53.1 Å². The molecule has 142 valence electrons. The molecule has 0 amide bonds. The maximum Gasteiger partial charge on any atom is 0.0575 e. The van der Waals surface area contributed by atoms with Crippen LogP contribution in [0.4, 0.5) is 5.69 Å². The minimum Gasteiger partial charge on any atom is -0.376 e. The molecule has 0 fully saturated rings. The summed E-state index contributed by atoms with van der Waals surface area (Å²) in [5, 5.41) is 3.86. The highest BCUT2D eigenvalue weighted by atomic mass is 15.0. The molecule has 0 atom stereocenters. The van der Waals surface area contributed by atoms with Gasteiger partial charge in [0, 0.05) is 5.69 Å². The number of allylic oxidation sites excluding steroid dienone is 4. The summed E-state index contributed by atoms with van der Waals surface area (Å²) in [7, 11) is 0. The van der Waals surface area contributed by atoms with Crippen molar-refractivity contribution in [2.45, 2.75) is 67.3 Å². The van der Waals surface area contributed by atoms with E-state index < -0.39 is 0 Å². The lowest BCUT2D eigenvalue weighted by Gasteiger charge is -2.32. The van der Waals surface area contributed by atoms with Gasteiger partial charge in [-0.3, -0.25) is 0 Å². The van der Waals surface area contributed by atoms with Crippen molar-refractivity contribution >= 4 is 11.3 Å². The third kappa shape index (κ3) is 3.60. The number of hydrogen-bond acceptors (Lipinski definition) is 1. The van der Waals surface area contributed by atoms with Crippen molar-refractivity contribution < 1.29 is 0 Å². The zero-order valence-electron chi connectivity index (χ0n) is 18.2. The van der Waals surface area contributed by atoms with Crippen molar-refractivity contribution in [1.29, 1.82) is 0 Å². The fraction of sp³-hybridized carbons (Fsp3) is 0.385. The molecule has 2 aromatic rings. The Morgan fingerprint density at radius 2 is 1.41 bits per heavy atom. The third-order valence-corrected chi connectivity index (χ3v) is 6.14. The molecule has 0 spiro atoms. The second-order valence-electron chi connectivity index (χ2n) is 8.75. The number of hydrogen-bond donors (Lipinski definition) is 1. The minimum atomic E-state index is -0.168. The van der Waals surface area contributed by atoms with Gasteiger partial charge in [0.25, 0.3) is 0 Å². The average molecular weight is 360 g/mol. The van der Waals surface area contributed by atoms with Crippen LogP contribution < -0.4 is 5.32 Å². The summed E-state index contributed by atoms with van der Waals surface area (Å²) in [6, 6.07) is 13.4. The highest BCUT2D eigenvalue weighted by molar-refractivity contribution is 5.80. The highest BCUT2D eigenvalue weighted by Crippen LogP contribution is 2.42. The Morgan fingerprint density at radius 1 is 0.815 bits per heavy atom. The van der Waals surface area contributed by atoms with Gasteiger partial charge in [-0.1, -0.05) is 47.5 Å². The molecule has 1 N–H and O–H groups in total. The molecule has 3 rings (SSSR count). The molecule has 0 radical (unpaired) electrons. The Bertz CT molecular complexity index is 931. The highest BCUT2D eigenvalue weighted by Gasteiger charge is 2.28. The Morgan fingerprint density at radius 3 is 1.96 bits per heavy atom. The van der Waals surface area contributed by atoms with E-state index in [0.717, 1.165) is 6.42 Å². The molecule has 1 aliphatic rings. The molecule has 0 heterocycles. The topological polar surface area (TPSA) is 12.0 Å². The quantitative estimate of drug-likeness (QED) is 0.597. The molecular weight excluding hydrogens is 326 g/mol. The molecule has 1 nitrogen and oxygen atoms in total. The van der Waals surface area contributed by atoms with E-state index in [1.165, 1.54) is 55.8 Å². The normalized spacial score (nSPS) is 15.0. The molecule has 1 heteroatoms. The van der Waals surface area contributed by atoms with Crippen molar-refractivity contribution in [3.8, 4) is 0 Å². The van der Waals surface area contributed by atoms with Gasteiger partial charge in [0.05, 0.1) is 5.54 Å². The van der Waals surface area contributed by atoms with Gasteiger partial charge in [-0.2, -0.15) is 0 Å². The van der Waals surface area contributed by atoms with Gasteiger partial charge in [-0.15, -0.1) is 0 Å². The third-order valence-electron chi connectivity index (χ3n) is 6.14. The van der Waals surface area contributed by atoms with Crippen LogP contribution in [0.2, 0.25) is 0 Å². The number of aryl methyl sites for hydroxylation is 3. The maximum absolute atomic E-state index is 3.86. The summed E-state index contributed by atoms with van der Waals surface area (Å²) in [5.41, 5.74) is 13.6. The van der Waals surface area contributed by atoms with Crippen LogP contribution in [0.1, 0.15) is 68.9 Å². The molecule has 0 unspecified atom stereocenters. The molecule has 27 heavy (non-hydrogen) atoms. The average Bonchev–Trinajstić information content (AvgIpc) is 2.85. The van der Waals surface area contributed by atoms with Crippen LogP contribution in [-0.4, -0.2) is 0 Å². The van der Waals surface area contributed by atoms with E-state index in [4.69, 9.17) is 0 Å². The first kappa shape index (κ1) is 19.5. The van der Waals surface area contributed by atoms with Crippen LogP contribution in [0.5, 0.6) is 0 Å². The summed E-state index contributed by atoms with van der Waals surface area (Å²) in [6.45, 7) is 17.9. The predicted octanol–water partition coefficient (Wildman–Crippen LogP) is 7.47. The lowest BCUT2D eigenvalue weighted by molar-refractivity contribution is 0.606. The Balaban J connectivity index is 2.05. The molecule has 0 aromatic heterocycles. The van der Waals surface area contributed by atoms with Crippen LogP contribution in [0, 0.1) is 20.8 Å². The molecule has 1 aliphatic carbocycles. The summed E-state index contributed by atoms with van der Waals surface area (Å²) in [4.78, 5) is 0. The molecule has 0 aliphatic heterocycles. The van der Waals surface area contributed by atoms with Crippen molar-refractivity contribution in [2.24, 2.45) is 0 Å². The number of rotatable bonds is 4. The van der Waals surface area contributed by atoms with Gasteiger partial charge in [0.15, 0.2) is 0 Å². The van der Waals surface area contributed by atoms with E-state index in [9.17, 15) is 0 Å². The van der Waals surface area contributed by atoms with E-state index in [0.29, 0.717) is 0 Å². The second-order valence-corrected chi connectivity index (χ2v) is 8.75. The van der Waals surface area contributed by atoms with Gasteiger partial charge in [-0.05, 0) is 101 Å². The van der Waals surface area contributed by atoms with Crippen molar-refractivity contribution in [3.63, 3.8) is 0 Å². The van der Waals surface area contributed by atoms with Crippen LogP contribution in [-0.2, 0) is 5.54 Å². The summed E-state index contributed by atoms with van der Waals surface area (Å²) < 4.78 is 0. The van der Waals surface area contributed by atoms with Gasteiger partial charge in [0.2, 0.25) is 0 Å². The Kier molecular flexibility index (Phi) is 5.08. The summed E-state index contributed by atoms with van der Waals surface area (Å²) in [5.74, 6) is 0. The smallest absolute Gasteiger partial charge is 0.0575 e. The SMILES string of the molecule is CC1=C(C)C(C)=C(c2ccccc2C(C)(C)Nc2c(C)cc(C)cc2C)C1. The maximum atomic E-state index is 3.86. The van der Waals surface area contributed by atoms with Crippen molar-refractivity contribution in [2.75, 3.05) is 5.32 Å². The van der Waals surface area contributed by atoms with Gasteiger partial charge in [-0.25, -0.2) is 0 Å². The predicted molar refractivity (Wildman–Crippen MR) is 119 cm³/mol. The van der Waals surface area contributed by atoms with E-state index >= 15 is 0 Å². The zero-order valence-corrected chi connectivity index (χ0v) is 18.2. The summed E-state index contributed by atoms with van der Waals surface area (Å²) in [6.07, 6.45) is 1.06. The van der Waals surface area contributed by atoms with Crippen molar-refractivity contribution in [1.82, 2.24) is 0 Å². The van der Waals surface area contributed by atoms with Crippen LogP contribution in [0.3, 0.4) is 0 Å². The number of benzene rings is 2. The van der Waals surface area contributed by atoms with Gasteiger partial charge in [0.1, 0.15) is 0 Å². The largest absolute Gasteiger partial charge is 0.376 e. The lowest BCUT2D eigenvalue weighted by atomic mass is 9.84. The molecule has 0 bridgehead atoms. The lowest BCUT2D eigenvalue weighted by Crippen LogP contribution is -2.30. The van der Waals surface area contributed by atoms with Crippen molar-refractivity contribution in [3.05, 3.63) is 80.9 Å². The first-order valence-corrected chi connectivity index (χ1v) is 9.94. The monoisotopic (exact) mass is 359 g/mol. The van der Waals surface area contributed by atoms with E-state index in [1.54, 1.807) is 0 Å². The number of nitrogens with one attached hydrogen (secondary N) is 1. The standard InChI is InChI=1S/C26H33N/c1-16-13-18(3)25(19(4)14-16)27-26(7,8)24-12-10-9-11-22(24)23-15-17(2)20(5)21(23)6/h9-14,27H,15H2,1-8H3. The Labute approximate surface area is 165 Å². The Hall–Kier alpha value is -2.28. The first-order chi connectivity index (χ1) is 12.6. The number of anilines is 1. The molecule has 0 saturated carbocycles. The molecule has 2 aromatic carbocycles.